The molecule has 1 aliphatic rings. The number of carbonyl (C=O) groups is 2. The van der Waals surface area contributed by atoms with Gasteiger partial charge in [0.25, 0.3) is 0 Å². The second-order valence-electron chi connectivity index (χ2n) is 6.03. The number of hydrogen-bond acceptors (Lipinski definition) is 4. The van der Waals surface area contributed by atoms with Crippen LogP contribution < -0.4 is 4.90 Å². The zero-order valence-electron chi connectivity index (χ0n) is 13.5. The summed E-state index contributed by atoms with van der Waals surface area (Å²) in [5.41, 5.74) is 2.54. The smallest absolute Gasteiger partial charge is 0.240 e. The van der Waals surface area contributed by atoms with Gasteiger partial charge < -0.3 is 0 Å². The summed E-state index contributed by atoms with van der Waals surface area (Å²) in [7, 11) is 0. The van der Waals surface area contributed by atoms with Crippen molar-refractivity contribution < 1.29 is 9.59 Å². The molecule has 1 aromatic heterocycles. The Balaban J connectivity index is 1.91. The lowest BCUT2D eigenvalue weighted by molar-refractivity contribution is -0.122. The van der Waals surface area contributed by atoms with Crippen LogP contribution in [0.25, 0.3) is 0 Å². The molecule has 0 aliphatic carbocycles. The average molecular weight is 309 g/mol. The van der Waals surface area contributed by atoms with Crippen LogP contribution in [0.1, 0.15) is 36.2 Å². The monoisotopic (exact) mass is 309 g/mol. The predicted octanol–water partition coefficient (Wildman–Crippen LogP) is 2.78. The lowest BCUT2D eigenvalue weighted by Crippen LogP contribution is -2.33. The summed E-state index contributed by atoms with van der Waals surface area (Å²) in [5, 5.41) is 0. The van der Waals surface area contributed by atoms with Crippen molar-refractivity contribution in [3.05, 3.63) is 53.3 Å². The molecule has 1 aliphatic heterocycles. The maximum Gasteiger partial charge on any atom is 0.240 e. The fraction of sp³-hybridized carbons (Fsp3) is 0.333. The highest BCUT2D eigenvalue weighted by Gasteiger charge is 2.43. The minimum atomic E-state index is -0.366. The van der Waals surface area contributed by atoms with Gasteiger partial charge in [0.1, 0.15) is 0 Å². The Hall–Kier alpha value is -2.56. The Morgan fingerprint density at radius 2 is 1.70 bits per heavy atom. The lowest BCUT2D eigenvalue weighted by atomic mass is 9.86. The van der Waals surface area contributed by atoms with Gasteiger partial charge in [0.2, 0.25) is 17.8 Å². The van der Waals surface area contributed by atoms with Crippen LogP contribution >= 0.6 is 0 Å². The summed E-state index contributed by atoms with van der Waals surface area (Å²) in [6.45, 7) is 5.64. The highest BCUT2D eigenvalue weighted by Crippen LogP contribution is 2.34. The minimum Gasteiger partial charge on any atom is -0.274 e. The topological polar surface area (TPSA) is 63.2 Å². The molecule has 118 valence electrons. The van der Waals surface area contributed by atoms with Crippen LogP contribution in [0.2, 0.25) is 0 Å². The number of aromatic nitrogens is 2. The minimum absolute atomic E-state index is 0.0245. The molecule has 0 N–H and O–H groups in total. The van der Waals surface area contributed by atoms with Crippen molar-refractivity contribution in [2.45, 2.75) is 33.1 Å². The van der Waals surface area contributed by atoms with Gasteiger partial charge in [-0.05, 0) is 31.4 Å². The molecular weight excluding hydrogens is 290 g/mol. The Kier molecular flexibility index (Phi) is 3.94. The van der Waals surface area contributed by atoms with Crippen LogP contribution in [0, 0.1) is 19.8 Å². The molecule has 23 heavy (non-hydrogen) atoms. The van der Waals surface area contributed by atoms with E-state index < -0.39 is 0 Å². The first-order valence-corrected chi connectivity index (χ1v) is 7.71. The third kappa shape index (κ3) is 2.86. The first-order chi connectivity index (χ1) is 11.0. The van der Waals surface area contributed by atoms with Crippen LogP contribution in [-0.2, 0) is 9.59 Å². The number of imide groups is 1. The molecule has 1 saturated heterocycles. The molecule has 3 rings (SSSR count). The Morgan fingerprint density at radius 1 is 1.09 bits per heavy atom. The van der Waals surface area contributed by atoms with Crippen LogP contribution in [0.5, 0.6) is 0 Å². The summed E-state index contributed by atoms with van der Waals surface area (Å²) >= 11 is 0. The van der Waals surface area contributed by atoms with E-state index in [9.17, 15) is 9.59 Å². The molecule has 0 spiro atoms. The van der Waals surface area contributed by atoms with Crippen molar-refractivity contribution in [2.24, 2.45) is 5.92 Å². The summed E-state index contributed by atoms with van der Waals surface area (Å²) in [6.07, 6.45) is 0.200. The first-order valence-electron chi connectivity index (χ1n) is 7.71. The molecule has 2 amide bonds. The van der Waals surface area contributed by atoms with Crippen molar-refractivity contribution >= 4 is 17.8 Å². The van der Waals surface area contributed by atoms with Gasteiger partial charge in [-0.2, -0.15) is 0 Å². The second-order valence-corrected chi connectivity index (χ2v) is 6.03. The first kappa shape index (κ1) is 15.3. The fourth-order valence-electron chi connectivity index (χ4n) is 3.05. The molecule has 1 aromatic carbocycles. The third-order valence-electron chi connectivity index (χ3n) is 4.28. The summed E-state index contributed by atoms with van der Waals surface area (Å²) in [6, 6.07) is 11.6. The van der Waals surface area contributed by atoms with Gasteiger partial charge >= 0.3 is 0 Å². The molecule has 0 unspecified atom stereocenters. The van der Waals surface area contributed by atoms with E-state index in [0.29, 0.717) is 0 Å². The number of benzene rings is 1. The molecule has 0 saturated carbocycles. The van der Waals surface area contributed by atoms with E-state index in [2.05, 4.69) is 9.97 Å². The van der Waals surface area contributed by atoms with Gasteiger partial charge in [-0.3, -0.25) is 9.59 Å². The van der Waals surface area contributed by atoms with E-state index in [-0.39, 0.29) is 36.0 Å². The van der Waals surface area contributed by atoms with Gasteiger partial charge in [0, 0.05) is 17.8 Å². The molecular formula is C18H19N3O2. The van der Waals surface area contributed by atoms with Crippen molar-refractivity contribution in [1.29, 1.82) is 0 Å². The quantitative estimate of drug-likeness (QED) is 0.818. The van der Waals surface area contributed by atoms with Crippen LogP contribution in [0.4, 0.5) is 5.95 Å². The van der Waals surface area contributed by atoms with Gasteiger partial charge in [-0.15, -0.1) is 0 Å². The number of aryl methyl sites for hydroxylation is 2. The molecule has 2 aromatic rings. The van der Waals surface area contributed by atoms with Gasteiger partial charge in [0.05, 0.1) is 5.92 Å². The molecule has 2 atom stereocenters. The fourth-order valence-corrected chi connectivity index (χ4v) is 3.05. The Labute approximate surface area is 135 Å². The summed E-state index contributed by atoms with van der Waals surface area (Å²) in [5.74, 6) is -0.637. The number of rotatable bonds is 3. The van der Waals surface area contributed by atoms with Crippen molar-refractivity contribution in [1.82, 2.24) is 9.97 Å². The molecule has 0 radical (unpaired) electrons. The number of amides is 2. The maximum atomic E-state index is 12.8. The van der Waals surface area contributed by atoms with E-state index in [1.165, 1.54) is 0 Å². The number of anilines is 1. The predicted molar refractivity (Wildman–Crippen MR) is 87.0 cm³/mol. The molecule has 5 heteroatoms. The molecule has 5 nitrogen and oxygen atoms in total. The maximum absolute atomic E-state index is 12.8. The summed E-state index contributed by atoms with van der Waals surface area (Å²) in [4.78, 5) is 34.8. The van der Waals surface area contributed by atoms with E-state index >= 15 is 0 Å². The Morgan fingerprint density at radius 3 is 2.30 bits per heavy atom. The van der Waals surface area contributed by atoms with E-state index in [1.54, 1.807) is 0 Å². The van der Waals surface area contributed by atoms with Gasteiger partial charge in [-0.25, -0.2) is 14.9 Å². The van der Waals surface area contributed by atoms with Crippen LogP contribution in [-0.4, -0.2) is 21.8 Å². The van der Waals surface area contributed by atoms with E-state index in [0.717, 1.165) is 21.9 Å². The molecule has 2 heterocycles. The van der Waals surface area contributed by atoms with Crippen molar-refractivity contribution in [3.8, 4) is 0 Å². The van der Waals surface area contributed by atoms with Gasteiger partial charge in [0.15, 0.2) is 0 Å². The lowest BCUT2D eigenvalue weighted by Gasteiger charge is -2.18. The van der Waals surface area contributed by atoms with Crippen molar-refractivity contribution in [2.75, 3.05) is 4.90 Å². The largest absolute Gasteiger partial charge is 0.274 e. The molecule has 0 bridgehead atoms. The third-order valence-corrected chi connectivity index (χ3v) is 4.28. The van der Waals surface area contributed by atoms with Crippen molar-refractivity contribution in [3.63, 3.8) is 0 Å². The average Bonchev–Trinajstić information content (AvgIpc) is 2.81. The van der Waals surface area contributed by atoms with Gasteiger partial charge in [-0.1, -0.05) is 37.3 Å². The number of hydrogen-bond donors (Lipinski definition) is 0. The SMILES string of the molecule is Cc1cc(C)nc(N2C(=O)C[C@@H]([C@@H](C)c3ccccc3)C2=O)n1. The normalized spacial score (nSPS) is 19.3. The zero-order chi connectivity index (χ0) is 16.6. The van der Waals surface area contributed by atoms with E-state index in [1.807, 2.05) is 57.2 Å². The number of carbonyl (C=O) groups excluding carboxylic acids is 2. The highest BCUT2D eigenvalue weighted by molar-refractivity contribution is 6.20. The zero-order valence-corrected chi connectivity index (χ0v) is 13.5. The molecule has 1 fully saturated rings. The number of nitrogens with zero attached hydrogens (tertiary/aromatic N) is 3. The highest BCUT2D eigenvalue weighted by atomic mass is 16.2. The second kappa shape index (κ2) is 5.91. The Bertz CT molecular complexity index is 738. The summed E-state index contributed by atoms with van der Waals surface area (Å²) < 4.78 is 0. The van der Waals surface area contributed by atoms with Crippen LogP contribution in [0.3, 0.4) is 0 Å². The van der Waals surface area contributed by atoms with E-state index in [4.69, 9.17) is 0 Å². The van der Waals surface area contributed by atoms with Crippen LogP contribution in [0.15, 0.2) is 36.4 Å². The standard InChI is InChI=1S/C18H19N3O2/c1-11-9-12(2)20-18(19-11)21-16(22)10-15(17(21)23)13(3)14-7-5-4-6-8-14/h4-9,13,15H,10H2,1-3H3/t13-,15-/m0/s1.